The highest BCUT2D eigenvalue weighted by atomic mass is 14.3. The molecule has 41 valence electrons. The number of nitrogens with zero attached hydrogens (tertiary/aromatic N) is 2. The van der Waals surface area contributed by atoms with Crippen molar-refractivity contribution in [3.8, 4) is 12.1 Å². The van der Waals surface area contributed by atoms with Gasteiger partial charge < -0.3 is 0 Å². The minimum absolute atomic E-state index is 0.519. The molecule has 2 nitrogen and oxygen atoms in total. The molecule has 0 aromatic rings. The summed E-state index contributed by atoms with van der Waals surface area (Å²) >= 11 is 0. The molecule has 0 atom stereocenters. The van der Waals surface area contributed by atoms with Gasteiger partial charge in [0.05, 0.1) is 12.1 Å². The van der Waals surface area contributed by atoms with E-state index in [4.69, 9.17) is 10.5 Å². The summed E-state index contributed by atoms with van der Waals surface area (Å²) in [5, 5.41) is 16.4. The molecule has 0 bridgehead atoms. The zero-order valence-electron chi connectivity index (χ0n) is 4.97. The molecule has 0 unspecified atom stereocenters. The van der Waals surface area contributed by atoms with Crippen molar-refractivity contribution in [1.82, 2.24) is 0 Å². The monoisotopic (exact) mass is 107 g/mol. The van der Waals surface area contributed by atoms with E-state index < -0.39 is 5.92 Å². The summed E-state index contributed by atoms with van der Waals surface area (Å²) in [6.45, 7) is 3.55. The van der Waals surface area contributed by atoms with Crippen LogP contribution in [0.2, 0.25) is 0 Å². The lowest BCUT2D eigenvalue weighted by Crippen LogP contribution is -1.98. The van der Waals surface area contributed by atoms with Crippen molar-refractivity contribution < 1.29 is 0 Å². The van der Waals surface area contributed by atoms with Crippen LogP contribution in [-0.4, -0.2) is 0 Å². The Morgan fingerprint density at radius 2 is 1.62 bits per heavy atom. The molecule has 0 spiro atoms. The van der Waals surface area contributed by atoms with E-state index in [1.54, 1.807) is 13.8 Å². The second-order valence-corrected chi connectivity index (χ2v) is 1.77. The Labute approximate surface area is 49.3 Å². The average Bonchev–Trinajstić information content (AvgIpc) is 1.69. The van der Waals surface area contributed by atoms with Gasteiger partial charge in [0.25, 0.3) is 0 Å². The van der Waals surface area contributed by atoms with E-state index in [1.165, 1.54) is 0 Å². The zero-order valence-corrected chi connectivity index (χ0v) is 4.97. The number of hydrogen-bond acceptors (Lipinski definition) is 2. The SMILES string of the molecule is C[C](C)C(C#N)C#N. The van der Waals surface area contributed by atoms with Gasteiger partial charge in [-0.3, -0.25) is 0 Å². The lowest BCUT2D eigenvalue weighted by molar-refractivity contribution is 0.846. The van der Waals surface area contributed by atoms with Crippen LogP contribution in [0.3, 0.4) is 0 Å². The Morgan fingerprint density at radius 3 is 1.62 bits per heavy atom. The van der Waals surface area contributed by atoms with E-state index in [0.717, 1.165) is 5.92 Å². The summed E-state index contributed by atoms with van der Waals surface area (Å²) in [7, 11) is 0. The molecule has 2 heteroatoms. The lowest BCUT2D eigenvalue weighted by Gasteiger charge is -1.98. The topological polar surface area (TPSA) is 47.6 Å². The summed E-state index contributed by atoms with van der Waals surface area (Å²) in [5.41, 5.74) is 0. The van der Waals surface area contributed by atoms with Gasteiger partial charge in [0.1, 0.15) is 5.92 Å². The number of nitriles is 2. The molecular weight excluding hydrogens is 100 g/mol. The van der Waals surface area contributed by atoms with Gasteiger partial charge in [-0.05, 0) is 0 Å². The molecule has 0 saturated heterocycles. The Morgan fingerprint density at radius 1 is 1.25 bits per heavy atom. The van der Waals surface area contributed by atoms with Crippen LogP contribution in [0.4, 0.5) is 0 Å². The van der Waals surface area contributed by atoms with Gasteiger partial charge in [0.15, 0.2) is 0 Å². The second-order valence-electron chi connectivity index (χ2n) is 1.77. The fourth-order valence-corrected chi connectivity index (χ4v) is 0.287. The highest BCUT2D eigenvalue weighted by Crippen LogP contribution is 2.08. The minimum Gasteiger partial charge on any atom is -0.197 e. The first kappa shape index (κ1) is 6.98. The van der Waals surface area contributed by atoms with Crippen LogP contribution in [0.15, 0.2) is 0 Å². The van der Waals surface area contributed by atoms with Gasteiger partial charge >= 0.3 is 0 Å². The van der Waals surface area contributed by atoms with E-state index >= 15 is 0 Å². The fraction of sp³-hybridized carbons (Fsp3) is 0.500. The van der Waals surface area contributed by atoms with E-state index in [0.29, 0.717) is 0 Å². The van der Waals surface area contributed by atoms with Crippen LogP contribution in [0.25, 0.3) is 0 Å². The maximum atomic E-state index is 8.20. The normalized spacial score (nSPS) is 8.75. The zero-order chi connectivity index (χ0) is 6.57. The van der Waals surface area contributed by atoms with Crippen molar-refractivity contribution in [1.29, 1.82) is 10.5 Å². The molecule has 0 saturated carbocycles. The molecule has 0 fully saturated rings. The van der Waals surface area contributed by atoms with Gasteiger partial charge in [-0.1, -0.05) is 13.8 Å². The molecular formula is C6H7N2. The van der Waals surface area contributed by atoms with E-state index in [-0.39, 0.29) is 0 Å². The van der Waals surface area contributed by atoms with Crippen molar-refractivity contribution in [3.05, 3.63) is 5.92 Å². The van der Waals surface area contributed by atoms with Crippen LogP contribution >= 0.6 is 0 Å². The molecule has 0 aromatic heterocycles. The van der Waals surface area contributed by atoms with Crippen molar-refractivity contribution in [2.75, 3.05) is 0 Å². The van der Waals surface area contributed by atoms with Gasteiger partial charge in [-0.2, -0.15) is 10.5 Å². The Balaban J connectivity index is 3.81. The van der Waals surface area contributed by atoms with Crippen molar-refractivity contribution in [3.63, 3.8) is 0 Å². The van der Waals surface area contributed by atoms with Gasteiger partial charge in [0, 0.05) is 5.92 Å². The standard InChI is InChI=1S/C6H7N2/c1-5(2)6(3-7)4-8/h6H,1-2H3. The predicted octanol–water partition coefficient (Wildman–Crippen LogP) is 1.26. The number of hydrogen-bond donors (Lipinski definition) is 0. The Bertz CT molecular complexity index is 122. The van der Waals surface area contributed by atoms with Crippen LogP contribution in [0.5, 0.6) is 0 Å². The molecule has 8 heavy (non-hydrogen) atoms. The molecule has 0 rings (SSSR count). The maximum absolute atomic E-state index is 8.20. The van der Waals surface area contributed by atoms with Gasteiger partial charge in [-0.15, -0.1) is 0 Å². The second kappa shape index (κ2) is 3.04. The Kier molecular flexibility index (Phi) is 2.66. The third-order valence-corrected chi connectivity index (χ3v) is 0.836. The van der Waals surface area contributed by atoms with Crippen molar-refractivity contribution in [2.45, 2.75) is 13.8 Å². The van der Waals surface area contributed by atoms with Crippen LogP contribution in [0, 0.1) is 34.5 Å². The van der Waals surface area contributed by atoms with Crippen LogP contribution in [-0.2, 0) is 0 Å². The smallest absolute Gasteiger partial charge is 0.139 e. The third kappa shape index (κ3) is 1.62. The first-order chi connectivity index (χ1) is 3.72. The summed E-state index contributed by atoms with van der Waals surface area (Å²) in [4.78, 5) is 0. The summed E-state index contributed by atoms with van der Waals surface area (Å²) < 4.78 is 0. The van der Waals surface area contributed by atoms with Gasteiger partial charge in [0.2, 0.25) is 0 Å². The molecule has 0 aromatic carbocycles. The summed E-state index contributed by atoms with van der Waals surface area (Å²) in [6.07, 6.45) is 0. The molecule has 1 radical (unpaired) electrons. The van der Waals surface area contributed by atoms with Crippen LogP contribution < -0.4 is 0 Å². The third-order valence-electron chi connectivity index (χ3n) is 0.836. The van der Waals surface area contributed by atoms with E-state index in [1.807, 2.05) is 12.1 Å². The minimum atomic E-state index is -0.519. The largest absolute Gasteiger partial charge is 0.197 e. The molecule has 0 heterocycles. The maximum Gasteiger partial charge on any atom is 0.139 e. The molecule has 0 aliphatic heterocycles. The van der Waals surface area contributed by atoms with Gasteiger partial charge in [-0.25, -0.2) is 0 Å². The predicted molar refractivity (Wildman–Crippen MR) is 29.3 cm³/mol. The lowest BCUT2D eigenvalue weighted by atomic mass is 10.00. The quantitative estimate of drug-likeness (QED) is 0.506. The summed E-state index contributed by atoms with van der Waals surface area (Å²) in [5.74, 6) is 0.338. The molecule has 0 aliphatic rings. The van der Waals surface area contributed by atoms with Crippen molar-refractivity contribution >= 4 is 0 Å². The van der Waals surface area contributed by atoms with E-state index in [9.17, 15) is 0 Å². The van der Waals surface area contributed by atoms with E-state index in [2.05, 4.69) is 0 Å². The highest BCUT2D eigenvalue weighted by Gasteiger charge is 2.09. The highest BCUT2D eigenvalue weighted by molar-refractivity contribution is 5.12. The first-order valence-electron chi connectivity index (χ1n) is 2.31. The Hall–Kier alpha value is -1.02. The van der Waals surface area contributed by atoms with Crippen molar-refractivity contribution in [2.24, 2.45) is 5.92 Å². The molecule has 0 N–H and O–H groups in total. The fourth-order valence-electron chi connectivity index (χ4n) is 0.287. The molecule has 0 amide bonds. The number of rotatable bonds is 1. The summed E-state index contributed by atoms with van der Waals surface area (Å²) in [6, 6.07) is 3.71. The molecule has 0 aliphatic carbocycles. The van der Waals surface area contributed by atoms with Crippen LogP contribution in [0.1, 0.15) is 13.8 Å². The average molecular weight is 107 g/mol. The first-order valence-corrected chi connectivity index (χ1v) is 2.31.